The topological polar surface area (TPSA) is 131 Å². The van der Waals surface area contributed by atoms with Crippen molar-refractivity contribution in [3.8, 4) is 0 Å². The van der Waals surface area contributed by atoms with Crippen LogP contribution in [0, 0.1) is 10.1 Å². The molecule has 1 aromatic heterocycles. The molecule has 0 spiro atoms. The highest BCUT2D eigenvalue weighted by Gasteiger charge is 2.14. The average molecular weight is 289 g/mol. The molecule has 0 amide bonds. The van der Waals surface area contributed by atoms with Gasteiger partial charge in [0.15, 0.2) is 0 Å². The number of nitrogens with zero attached hydrogens (tertiary/aromatic N) is 3. The zero-order valence-corrected chi connectivity index (χ0v) is 11.3. The van der Waals surface area contributed by atoms with Crippen LogP contribution in [0.3, 0.4) is 0 Å². The number of rotatable bonds is 6. The van der Waals surface area contributed by atoms with Crippen molar-refractivity contribution in [3.05, 3.63) is 22.2 Å². The normalized spacial score (nSPS) is 11.1. The predicted molar refractivity (Wildman–Crippen MR) is 71.7 cm³/mol. The third-order valence-corrected chi connectivity index (χ3v) is 3.27. The number of anilines is 2. The summed E-state index contributed by atoms with van der Waals surface area (Å²) in [6.07, 6.45) is 1.12. The Kier molecular flexibility index (Phi) is 4.62. The number of sulfone groups is 1. The van der Waals surface area contributed by atoms with Gasteiger partial charge in [-0.15, -0.1) is 0 Å². The van der Waals surface area contributed by atoms with Crippen molar-refractivity contribution in [1.29, 1.82) is 0 Å². The van der Waals surface area contributed by atoms with E-state index in [0.29, 0.717) is 0 Å². The fourth-order valence-electron chi connectivity index (χ4n) is 1.29. The Morgan fingerprint density at radius 2 is 2.16 bits per heavy atom. The van der Waals surface area contributed by atoms with E-state index < -0.39 is 14.8 Å². The standard InChI is InChI=1S/C9H15N5O4S/c1-13(3-4-19(2,17)18)9-6-7(14(15)16)5-8(11-9)12-10/h5-6H,3-4,10H2,1-2H3,(H,11,12). The molecular weight excluding hydrogens is 274 g/mol. The van der Waals surface area contributed by atoms with Crippen LogP contribution in [-0.4, -0.2) is 43.9 Å². The van der Waals surface area contributed by atoms with Crippen molar-refractivity contribution in [2.24, 2.45) is 5.84 Å². The van der Waals surface area contributed by atoms with Crippen LogP contribution in [0.15, 0.2) is 12.1 Å². The third-order valence-electron chi connectivity index (χ3n) is 2.34. The zero-order valence-electron chi connectivity index (χ0n) is 10.5. The summed E-state index contributed by atoms with van der Waals surface area (Å²) in [5.74, 6) is 5.52. The van der Waals surface area contributed by atoms with Gasteiger partial charge in [-0.25, -0.2) is 19.2 Å². The molecule has 0 atom stereocenters. The number of hydrazine groups is 1. The Balaban J connectivity index is 2.98. The van der Waals surface area contributed by atoms with Gasteiger partial charge in [0.2, 0.25) is 0 Å². The van der Waals surface area contributed by atoms with Crippen molar-refractivity contribution in [2.75, 3.05) is 35.9 Å². The van der Waals surface area contributed by atoms with Crippen molar-refractivity contribution < 1.29 is 13.3 Å². The molecule has 9 nitrogen and oxygen atoms in total. The highest BCUT2D eigenvalue weighted by Crippen LogP contribution is 2.22. The van der Waals surface area contributed by atoms with E-state index in [4.69, 9.17) is 5.84 Å². The van der Waals surface area contributed by atoms with E-state index in [-0.39, 0.29) is 29.6 Å². The van der Waals surface area contributed by atoms with E-state index in [1.54, 1.807) is 7.05 Å². The maximum Gasteiger partial charge on any atom is 0.276 e. The van der Waals surface area contributed by atoms with Crippen LogP contribution in [0.5, 0.6) is 0 Å². The van der Waals surface area contributed by atoms with E-state index in [0.717, 1.165) is 6.26 Å². The van der Waals surface area contributed by atoms with E-state index in [1.807, 2.05) is 0 Å². The minimum Gasteiger partial charge on any atom is -0.358 e. The van der Waals surface area contributed by atoms with Crippen LogP contribution in [0.4, 0.5) is 17.3 Å². The van der Waals surface area contributed by atoms with Crippen LogP contribution in [0.25, 0.3) is 0 Å². The molecule has 1 aromatic rings. The second kappa shape index (κ2) is 5.80. The monoisotopic (exact) mass is 289 g/mol. The SMILES string of the molecule is CN(CCS(C)(=O)=O)c1cc([N+](=O)[O-])cc(NN)n1. The lowest BCUT2D eigenvalue weighted by Gasteiger charge is -2.18. The number of aromatic nitrogens is 1. The summed E-state index contributed by atoms with van der Waals surface area (Å²) in [6.45, 7) is 0.178. The first-order valence-electron chi connectivity index (χ1n) is 5.25. The molecule has 1 rings (SSSR count). The number of nitro groups is 1. The molecule has 0 unspecified atom stereocenters. The van der Waals surface area contributed by atoms with Crippen LogP contribution in [-0.2, 0) is 9.84 Å². The molecule has 3 N–H and O–H groups in total. The van der Waals surface area contributed by atoms with Crippen molar-refractivity contribution in [1.82, 2.24) is 4.98 Å². The van der Waals surface area contributed by atoms with Crippen molar-refractivity contribution in [2.45, 2.75) is 0 Å². The van der Waals surface area contributed by atoms with E-state index in [1.165, 1.54) is 17.0 Å². The molecule has 0 saturated heterocycles. The van der Waals surface area contributed by atoms with Gasteiger partial charge in [-0.3, -0.25) is 10.1 Å². The molecule has 106 valence electrons. The summed E-state index contributed by atoms with van der Waals surface area (Å²) >= 11 is 0. The summed E-state index contributed by atoms with van der Waals surface area (Å²) in [5.41, 5.74) is 2.05. The molecule has 19 heavy (non-hydrogen) atoms. The van der Waals surface area contributed by atoms with Gasteiger partial charge in [-0.05, 0) is 0 Å². The van der Waals surface area contributed by atoms with Crippen LogP contribution in [0.2, 0.25) is 0 Å². The highest BCUT2D eigenvalue weighted by atomic mass is 32.2. The molecule has 0 aliphatic carbocycles. The van der Waals surface area contributed by atoms with Crippen molar-refractivity contribution >= 4 is 27.2 Å². The number of nitrogens with one attached hydrogen (secondary N) is 1. The minimum absolute atomic E-state index is 0.0702. The number of pyridine rings is 1. The van der Waals surface area contributed by atoms with Gasteiger partial charge in [0, 0.05) is 19.8 Å². The maximum absolute atomic E-state index is 11.1. The second-order valence-electron chi connectivity index (χ2n) is 4.02. The van der Waals surface area contributed by atoms with Gasteiger partial charge in [0.25, 0.3) is 5.69 Å². The largest absolute Gasteiger partial charge is 0.358 e. The van der Waals surface area contributed by atoms with Gasteiger partial charge in [0.05, 0.1) is 22.8 Å². The first kappa shape index (κ1) is 15.1. The lowest BCUT2D eigenvalue weighted by atomic mass is 10.3. The van der Waals surface area contributed by atoms with E-state index in [2.05, 4.69) is 10.4 Å². The first-order chi connectivity index (χ1) is 8.73. The van der Waals surface area contributed by atoms with Crippen LogP contribution < -0.4 is 16.2 Å². The van der Waals surface area contributed by atoms with E-state index >= 15 is 0 Å². The summed E-state index contributed by atoms with van der Waals surface area (Å²) in [4.78, 5) is 15.7. The number of nitrogens with two attached hydrogens (primary N) is 1. The average Bonchev–Trinajstić information content (AvgIpc) is 2.34. The number of hydrogen-bond acceptors (Lipinski definition) is 8. The molecule has 0 aliphatic heterocycles. The van der Waals surface area contributed by atoms with Gasteiger partial charge >= 0.3 is 0 Å². The predicted octanol–water partition coefficient (Wildman–Crippen LogP) is -0.244. The molecule has 0 saturated carbocycles. The Bertz CT molecular complexity index is 574. The molecule has 0 aromatic carbocycles. The summed E-state index contributed by atoms with van der Waals surface area (Å²) in [6, 6.07) is 2.44. The smallest absolute Gasteiger partial charge is 0.276 e. The second-order valence-corrected chi connectivity index (χ2v) is 6.28. The highest BCUT2D eigenvalue weighted by molar-refractivity contribution is 7.90. The molecule has 0 fully saturated rings. The van der Waals surface area contributed by atoms with E-state index in [9.17, 15) is 18.5 Å². The summed E-state index contributed by atoms with van der Waals surface area (Å²) in [5, 5.41) is 10.8. The maximum atomic E-state index is 11.1. The number of hydrogen-bond donors (Lipinski definition) is 2. The van der Waals surface area contributed by atoms with Gasteiger partial charge in [0.1, 0.15) is 21.5 Å². The molecule has 0 radical (unpaired) electrons. The molecule has 1 heterocycles. The summed E-state index contributed by atoms with van der Waals surface area (Å²) in [7, 11) is -1.52. The molecule has 10 heteroatoms. The Morgan fingerprint density at radius 1 is 1.53 bits per heavy atom. The van der Waals surface area contributed by atoms with Crippen LogP contribution >= 0.6 is 0 Å². The Hall–Kier alpha value is -1.94. The quantitative estimate of drug-likeness (QED) is 0.416. The first-order valence-corrected chi connectivity index (χ1v) is 7.31. The Labute approximate surface area is 110 Å². The summed E-state index contributed by atoms with van der Waals surface area (Å²) < 4.78 is 22.2. The molecular formula is C9H15N5O4S. The minimum atomic E-state index is -3.11. The van der Waals surface area contributed by atoms with Gasteiger partial charge < -0.3 is 10.3 Å². The Morgan fingerprint density at radius 3 is 2.63 bits per heavy atom. The number of nitrogen functional groups attached to an aromatic ring is 1. The van der Waals surface area contributed by atoms with Crippen LogP contribution in [0.1, 0.15) is 0 Å². The third kappa shape index (κ3) is 4.67. The zero-order chi connectivity index (χ0) is 14.6. The van der Waals surface area contributed by atoms with Gasteiger partial charge in [-0.1, -0.05) is 0 Å². The molecule has 0 bridgehead atoms. The fraction of sp³-hybridized carbons (Fsp3) is 0.444. The molecule has 0 aliphatic rings. The van der Waals surface area contributed by atoms with Crippen molar-refractivity contribution in [3.63, 3.8) is 0 Å². The van der Waals surface area contributed by atoms with Gasteiger partial charge in [-0.2, -0.15) is 0 Å². The fourth-order valence-corrected chi connectivity index (χ4v) is 1.90. The lowest BCUT2D eigenvalue weighted by molar-refractivity contribution is -0.384. The lowest BCUT2D eigenvalue weighted by Crippen LogP contribution is -2.26.